The highest BCUT2D eigenvalue weighted by atomic mass is 16.1. The molecule has 2 rings (SSSR count). The van der Waals surface area contributed by atoms with E-state index in [2.05, 4.69) is 20.9 Å². The fraction of sp³-hybridized carbons (Fsp3) is 0.353. The summed E-state index contributed by atoms with van der Waals surface area (Å²) >= 11 is 0. The summed E-state index contributed by atoms with van der Waals surface area (Å²) in [5, 5.41) is 3.03. The molecule has 4 heteroatoms. The van der Waals surface area contributed by atoms with Crippen LogP contribution in [0.15, 0.2) is 42.6 Å². The molecule has 2 aromatic rings. The summed E-state index contributed by atoms with van der Waals surface area (Å²) in [4.78, 5) is 14.4. The molecule has 1 N–H and O–H groups in total. The van der Waals surface area contributed by atoms with E-state index in [4.69, 9.17) is 0 Å². The number of likely N-dealkylation sites (N-methyl/N-ethyl adjacent to an activating group) is 1. The van der Waals surface area contributed by atoms with Gasteiger partial charge in [-0.3, -0.25) is 9.69 Å². The zero-order valence-electron chi connectivity index (χ0n) is 13.1. The van der Waals surface area contributed by atoms with E-state index < -0.39 is 0 Å². The summed E-state index contributed by atoms with van der Waals surface area (Å²) in [6.07, 6.45) is 2.02. The maximum absolute atomic E-state index is 12.2. The normalized spacial score (nSPS) is 12.4. The molecular formula is C17H23N3O. The molecule has 0 spiro atoms. The smallest absolute Gasteiger partial charge is 0.251 e. The molecule has 0 saturated heterocycles. The van der Waals surface area contributed by atoms with Crippen LogP contribution in [0.25, 0.3) is 0 Å². The van der Waals surface area contributed by atoms with Crippen molar-refractivity contribution in [2.45, 2.75) is 13.0 Å². The van der Waals surface area contributed by atoms with Crippen LogP contribution < -0.4 is 5.32 Å². The predicted molar refractivity (Wildman–Crippen MR) is 85.4 cm³/mol. The monoisotopic (exact) mass is 285 g/mol. The van der Waals surface area contributed by atoms with Crippen molar-refractivity contribution in [3.05, 3.63) is 59.4 Å². The van der Waals surface area contributed by atoms with Crippen molar-refractivity contribution in [3.63, 3.8) is 0 Å². The van der Waals surface area contributed by atoms with Crippen molar-refractivity contribution in [3.8, 4) is 0 Å². The zero-order chi connectivity index (χ0) is 15.4. The van der Waals surface area contributed by atoms with Crippen LogP contribution in [0.1, 0.15) is 27.7 Å². The van der Waals surface area contributed by atoms with Gasteiger partial charge >= 0.3 is 0 Å². The molecule has 0 aliphatic rings. The molecule has 112 valence electrons. The van der Waals surface area contributed by atoms with Crippen LogP contribution >= 0.6 is 0 Å². The van der Waals surface area contributed by atoms with Crippen LogP contribution in [0, 0.1) is 6.92 Å². The third-order valence-corrected chi connectivity index (χ3v) is 3.68. The first kappa shape index (κ1) is 15.3. The zero-order valence-corrected chi connectivity index (χ0v) is 13.1. The molecule has 1 heterocycles. The van der Waals surface area contributed by atoms with Gasteiger partial charge in [0.25, 0.3) is 5.91 Å². The molecule has 1 aromatic carbocycles. The molecule has 21 heavy (non-hydrogen) atoms. The number of rotatable bonds is 5. The molecule has 4 nitrogen and oxygen atoms in total. The van der Waals surface area contributed by atoms with Crippen molar-refractivity contribution >= 4 is 5.91 Å². The second kappa shape index (κ2) is 6.59. The topological polar surface area (TPSA) is 37.3 Å². The number of hydrogen-bond acceptors (Lipinski definition) is 2. The third-order valence-electron chi connectivity index (χ3n) is 3.68. The van der Waals surface area contributed by atoms with Gasteiger partial charge in [0.2, 0.25) is 0 Å². The van der Waals surface area contributed by atoms with Crippen molar-refractivity contribution < 1.29 is 4.79 Å². The predicted octanol–water partition coefficient (Wildman–Crippen LogP) is 2.37. The number of nitrogens with one attached hydrogen (secondary N) is 1. The van der Waals surface area contributed by atoms with Crippen molar-refractivity contribution in [1.29, 1.82) is 0 Å². The molecule has 1 aromatic heterocycles. The summed E-state index contributed by atoms with van der Waals surface area (Å²) in [6, 6.07) is 11.9. The van der Waals surface area contributed by atoms with Gasteiger partial charge in [-0.15, -0.1) is 0 Å². The van der Waals surface area contributed by atoms with Gasteiger partial charge in [-0.25, -0.2) is 0 Å². The second-order valence-corrected chi connectivity index (χ2v) is 5.60. The van der Waals surface area contributed by atoms with Crippen LogP contribution in [0.2, 0.25) is 0 Å². The lowest BCUT2D eigenvalue weighted by atomic mass is 10.1. The summed E-state index contributed by atoms with van der Waals surface area (Å²) in [6.45, 7) is 2.57. The van der Waals surface area contributed by atoms with E-state index in [1.54, 1.807) is 0 Å². The van der Waals surface area contributed by atoms with Gasteiger partial charge in [-0.05, 0) is 45.3 Å². The number of benzene rings is 1. The Morgan fingerprint density at radius 3 is 2.62 bits per heavy atom. The van der Waals surface area contributed by atoms with Crippen molar-refractivity contribution in [2.24, 2.45) is 7.05 Å². The quantitative estimate of drug-likeness (QED) is 0.915. The molecule has 0 fully saturated rings. The molecule has 0 aliphatic carbocycles. The minimum atomic E-state index is -0.0280. The van der Waals surface area contributed by atoms with Crippen LogP contribution in [0.4, 0.5) is 0 Å². The highest BCUT2D eigenvalue weighted by molar-refractivity contribution is 5.94. The van der Waals surface area contributed by atoms with Gasteiger partial charge in [-0.1, -0.05) is 17.7 Å². The number of nitrogens with zero attached hydrogens (tertiary/aromatic N) is 2. The van der Waals surface area contributed by atoms with E-state index in [0.717, 1.165) is 5.56 Å². The van der Waals surface area contributed by atoms with Crippen LogP contribution in [0.5, 0.6) is 0 Å². The Hall–Kier alpha value is -2.07. The van der Waals surface area contributed by atoms with Gasteiger partial charge < -0.3 is 9.88 Å². The minimum Gasteiger partial charge on any atom is -0.353 e. The average molecular weight is 285 g/mol. The van der Waals surface area contributed by atoms with Gasteiger partial charge in [-0.2, -0.15) is 0 Å². The minimum absolute atomic E-state index is 0.0280. The van der Waals surface area contributed by atoms with Crippen LogP contribution in [-0.2, 0) is 7.05 Å². The number of hydrogen-bond donors (Lipinski definition) is 1. The molecule has 0 saturated carbocycles. The van der Waals surface area contributed by atoms with E-state index in [0.29, 0.717) is 12.1 Å². The summed E-state index contributed by atoms with van der Waals surface area (Å²) in [5.41, 5.74) is 2.98. The Morgan fingerprint density at radius 1 is 1.29 bits per heavy atom. The van der Waals surface area contributed by atoms with Gasteiger partial charge in [0.05, 0.1) is 6.04 Å². The van der Waals surface area contributed by atoms with Crippen molar-refractivity contribution in [1.82, 2.24) is 14.8 Å². The number of aryl methyl sites for hydroxylation is 2. The van der Waals surface area contributed by atoms with E-state index in [1.165, 1.54) is 5.69 Å². The SMILES string of the molecule is Cc1cccc(C(=O)NCC(c2cccn2C)N(C)C)c1. The number of aromatic nitrogens is 1. The third kappa shape index (κ3) is 3.73. The Balaban J connectivity index is 2.06. The van der Waals surface area contributed by atoms with Gasteiger partial charge in [0.15, 0.2) is 0 Å². The molecule has 0 radical (unpaired) electrons. The molecule has 0 bridgehead atoms. The Bertz CT molecular complexity index is 616. The summed E-state index contributed by atoms with van der Waals surface area (Å²) < 4.78 is 2.09. The van der Waals surface area contributed by atoms with E-state index in [-0.39, 0.29) is 11.9 Å². The van der Waals surface area contributed by atoms with Crippen LogP contribution in [-0.4, -0.2) is 36.0 Å². The standard InChI is InChI=1S/C17H23N3O/c1-13-7-5-8-14(11-13)17(21)18-12-16(19(2)3)15-9-6-10-20(15)4/h5-11,16H,12H2,1-4H3,(H,18,21). The Kier molecular flexibility index (Phi) is 4.81. The lowest BCUT2D eigenvalue weighted by molar-refractivity contribution is 0.0941. The van der Waals surface area contributed by atoms with E-state index in [9.17, 15) is 4.79 Å². The number of carbonyl (C=O) groups is 1. The largest absolute Gasteiger partial charge is 0.353 e. The Morgan fingerprint density at radius 2 is 2.05 bits per heavy atom. The van der Waals surface area contributed by atoms with Gasteiger partial charge in [0.1, 0.15) is 0 Å². The fourth-order valence-electron chi connectivity index (χ4n) is 2.45. The van der Waals surface area contributed by atoms with Crippen molar-refractivity contribution in [2.75, 3.05) is 20.6 Å². The fourth-order valence-corrected chi connectivity index (χ4v) is 2.45. The highest BCUT2D eigenvalue weighted by Gasteiger charge is 2.18. The average Bonchev–Trinajstić information content (AvgIpc) is 2.85. The summed E-state index contributed by atoms with van der Waals surface area (Å²) in [5.74, 6) is -0.0280. The van der Waals surface area contributed by atoms with E-state index >= 15 is 0 Å². The highest BCUT2D eigenvalue weighted by Crippen LogP contribution is 2.17. The summed E-state index contributed by atoms with van der Waals surface area (Å²) in [7, 11) is 6.07. The number of amides is 1. The molecule has 1 unspecified atom stereocenters. The first-order valence-corrected chi connectivity index (χ1v) is 7.11. The Labute approximate surface area is 126 Å². The molecule has 0 aliphatic heterocycles. The molecule has 1 amide bonds. The second-order valence-electron chi connectivity index (χ2n) is 5.60. The number of carbonyl (C=O) groups excluding carboxylic acids is 1. The first-order valence-electron chi connectivity index (χ1n) is 7.11. The van der Waals surface area contributed by atoms with Crippen LogP contribution in [0.3, 0.4) is 0 Å². The first-order chi connectivity index (χ1) is 9.99. The maximum Gasteiger partial charge on any atom is 0.251 e. The lowest BCUT2D eigenvalue weighted by Crippen LogP contribution is -2.35. The molecule has 1 atom stereocenters. The van der Waals surface area contributed by atoms with E-state index in [1.807, 2.05) is 64.6 Å². The lowest BCUT2D eigenvalue weighted by Gasteiger charge is -2.25. The van der Waals surface area contributed by atoms with Gasteiger partial charge in [0, 0.05) is 31.0 Å². The molecular weight excluding hydrogens is 262 g/mol. The maximum atomic E-state index is 12.2.